The largest absolute Gasteiger partial charge is 0.346 e. The van der Waals surface area contributed by atoms with E-state index in [1.54, 1.807) is 46.9 Å². The number of aryl methyl sites for hydroxylation is 1. The fourth-order valence-corrected chi connectivity index (χ4v) is 3.21. The lowest BCUT2D eigenvalue weighted by molar-refractivity contribution is -0.136. The molecule has 0 bridgehead atoms. The van der Waals surface area contributed by atoms with Crippen molar-refractivity contribution >= 4 is 17.3 Å². The van der Waals surface area contributed by atoms with Gasteiger partial charge in [-0.25, -0.2) is 13.3 Å². The van der Waals surface area contributed by atoms with Crippen LogP contribution in [0.15, 0.2) is 36.7 Å². The average molecular weight is 388 g/mol. The topological polar surface area (TPSA) is 84.5 Å². The highest BCUT2D eigenvalue weighted by atomic mass is 19.3. The molecule has 28 heavy (non-hydrogen) atoms. The number of rotatable bonds is 5. The van der Waals surface area contributed by atoms with E-state index in [1.807, 2.05) is 0 Å². The van der Waals surface area contributed by atoms with Gasteiger partial charge in [-0.2, -0.15) is 10.2 Å². The van der Waals surface area contributed by atoms with Gasteiger partial charge in [-0.1, -0.05) is 0 Å². The SMILES string of the molecule is Cc1cc(C(F)F)nn1CC(=O)N1CC(NC(=O)c2cccn3nccc23)C1. The minimum Gasteiger partial charge on any atom is -0.346 e. The van der Waals surface area contributed by atoms with Gasteiger partial charge in [0, 0.05) is 25.0 Å². The molecule has 0 unspecified atom stereocenters. The van der Waals surface area contributed by atoms with Gasteiger partial charge < -0.3 is 10.2 Å². The highest BCUT2D eigenvalue weighted by Gasteiger charge is 2.32. The van der Waals surface area contributed by atoms with E-state index in [2.05, 4.69) is 15.5 Å². The Morgan fingerprint density at radius 3 is 2.82 bits per heavy atom. The van der Waals surface area contributed by atoms with Crippen molar-refractivity contribution in [2.24, 2.45) is 0 Å². The van der Waals surface area contributed by atoms with E-state index in [4.69, 9.17) is 0 Å². The molecule has 0 atom stereocenters. The Balaban J connectivity index is 1.32. The summed E-state index contributed by atoms with van der Waals surface area (Å²) in [4.78, 5) is 26.4. The van der Waals surface area contributed by atoms with E-state index in [9.17, 15) is 18.4 Å². The summed E-state index contributed by atoms with van der Waals surface area (Å²) >= 11 is 0. The van der Waals surface area contributed by atoms with Crippen molar-refractivity contribution in [2.75, 3.05) is 13.1 Å². The molecule has 0 aromatic carbocycles. The van der Waals surface area contributed by atoms with Crippen LogP contribution in [0, 0.1) is 6.92 Å². The Labute approximate surface area is 158 Å². The normalized spacial score (nSPS) is 14.5. The number of likely N-dealkylation sites (tertiary alicyclic amines) is 1. The predicted molar refractivity (Wildman–Crippen MR) is 94.9 cm³/mol. The average Bonchev–Trinajstić information content (AvgIpc) is 3.24. The van der Waals surface area contributed by atoms with Crippen LogP contribution in [0.3, 0.4) is 0 Å². The van der Waals surface area contributed by atoms with Crippen LogP contribution in [0.25, 0.3) is 5.52 Å². The van der Waals surface area contributed by atoms with E-state index >= 15 is 0 Å². The molecule has 0 radical (unpaired) electrons. The molecule has 0 spiro atoms. The van der Waals surface area contributed by atoms with Gasteiger partial charge in [0.2, 0.25) is 5.91 Å². The zero-order valence-electron chi connectivity index (χ0n) is 15.0. The first-order valence-corrected chi connectivity index (χ1v) is 8.76. The Morgan fingerprint density at radius 1 is 1.32 bits per heavy atom. The van der Waals surface area contributed by atoms with E-state index in [-0.39, 0.29) is 30.1 Å². The van der Waals surface area contributed by atoms with E-state index in [1.165, 1.54) is 10.7 Å². The number of hydrogen-bond donors (Lipinski definition) is 1. The number of hydrogen-bond acceptors (Lipinski definition) is 4. The second-order valence-corrected chi connectivity index (χ2v) is 6.72. The maximum Gasteiger partial charge on any atom is 0.282 e. The van der Waals surface area contributed by atoms with Crippen molar-refractivity contribution < 1.29 is 18.4 Å². The van der Waals surface area contributed by atoms with Gasteiger partial charge >= 0.3 is 0 Å². The van der Waals surface area contributed by atoms with Gasteiger partial charge in [-0.15, -0.1) is 0 Å². The summed E-state index contributed by atoms with van der Waals surface area (Å²) in [7, 11) is 0. The maximum atomic E-state index is 12.7. The molecule has 3 aromatic rings. The fraction of sp³-hybridized carbons (Fsp3) is 0.333. The van der Waals surface area contributed by atoms with E-state index in [0.717, 1.165) is 0 Å². The second-order valence-electron chi connectivity index (χ2n) is 6.72. The summed E-state index contributed by atoms with van der Waals surface area (Å²) in [5, 5.41) is 10.8. The number of carbonyl (C=O) groups excluding carboxylic acids is 2. The van der Waals surface area contributed by atoms with Crippen molar-refractivity contribution in [1.82, 2.24) is 29.6 Å². The van der Waals surface area contributed by atoms with Gasteiger partial charge in [0.25, 0.3) is 12.3 Å². The smallest absolute Gasteiger partial charge is 0.282 e. The van der Waals surface area contributed by atoms with E-state index < -0.39 is 6.43 Å². The molecule has 1 aliphatic rings. The molecule has 1 N–H and O–H groups in total. The molecule has 0 saturated carbocycles. The first kappa shape index (κ1) is 18.1. The van der Waals surface area contributed by atoms with Crippen LogP contribution < -0.4 is 5.32 Å². The molecule has 146 valence electrons. The van der Waals surface area contributed by atoms with Crippen molar-refractivity contribution in [1.29, 1.82) is 0 Å². The highest BCUT2D eigenvalue weighted by molar-refractivity contribution is 6.00. The Bertz CT molecular complexity index is 1040. The van der Waals surface area contributed by atoms with Crippen molar-refractivity contribution in [3.63, 3.8) is 0 Å². The first-order chi connectivity index (χ1) is 13.4. The summed E-state index contributed by atoms with van der Waals surface area (Å²) in [6, 6.07) is 6.33. The van der Waals surface area contributed by atoms with Crippen LogP contribution in [-0.2, 0) is 11.3 Å². The number of pyridine rings is 1. The molecular formula is C18H18F2N6O2. The Hall–Kier alpha value is -3.30. The van der Waals surface area contributed by atoms with Crippen molar-refractivity contribution in [3.8, 4) is 0 Å². The second kappa shape index (κ2) is 7.02. The highest BCUT2D eigenvalue weighted by Crippen LogP contribution is 2.19. The van der Waals surface area contributed by atoms with Gasteiger partial charge in [0.05, 0.1) is 23.3 Å². The first-order valence-electron chi connectivity index (χ1n) is 8.76. The third-order valence-electron chi connectivity index (χ3n) is 4.76. The zero-order chi connectivity index (χ0) is 19.8. The number of amides is 2. The van der Waals surface area contributed by atoms with Crippen LogP contribution in [0.2, 0.25) is 0 Å². The minimum atomic E-state index is -2.67. The fourth-order valence-electron chi connectivity index (χ4n) is 3.21. The molecule has 1 aliphatic heterocycles. The number of nitrogens with zero attached hydrogens (tertiary/aromatic N) is 5. The van der Waals surface area contributed by atoms with Gasteiger partial charge in [0.1, 0.15) is 12.2 Å². The molecule has 3 aromatic heterocycles. The number of halogens is 2. The Morgan fingerprint density at radius 2 is 2.11 bits per heavy atom. The third kappa shape index (κ3) is 3.32. The molecule has 1 fully saturated rings. The molecule has 4 rings (SSSR count). The minimum absolute atomic E-state index is 0.103. The van der Waals surface area contributed by atoms with Crippen LogP contribution in [0.5, 0.6) is 0 Å². The van der Waals surface area contributed by atoms with Gasteiger partial charge in [-0.3, -0.25) is 14.3 Å². The summed E-state index contributed by atoms with van der Waals surface area (Å²) in [6.07, 6.45) is 0.706. The molecule has 8 nitrogen and oxygen atoms in total. The lowest BCUT2D eigenvalue weighted by atomic mass is 10.1. The summed E-state index contributed by atoms with van der Waals surface area (Å²) in [6.45, 7) is 2.26. The number of alkyl halides is 2. The standard InChI is InChI=1S/C18H18F2N6O2/c1-11-7-14(17(19)20)23-26(11)10-16(27)24-8-12(9-24)22-18(28)13-3-2-6-25-15(13)4-5-21-25/h2-7,12,17H,8-10H2,1H3,(H,22,28). The molecule has 4 heterocycles. The quantitative estimate of drug-likeness (QED) is 0.717. The monoisotopic (exact) mass is 388 g/mol. The van der Waals surface area contributed by atoms with E-state index in [0.29, 0.717) is 29.9 Å². The third-order valence-corrected chi connectivity index (χ3v) is 4.76. The van der Waals surface area contributed by atoms with Gasteiger partial charge in [0.15, 0.2) is 0 Å². The number of nitrogens with one attached hydrogen (secondary N) is 1. The molecule has 1 saturated heterocycles. The molecule has 2 amide bonds. The zero-order valence-corrected chi connectivity index (χ0v) is 15.0. The number of carbonyl (C=O) groups is 2. The molecular weight excluding hydrogens is 370 g/mol. The summed E-state index contributed by atoms with van der Waals surface area (Å²) in [5.41, 5.74) is 1.38. The van der Waals surface area contributed by atoms with Crippen LogP contribution in [0.4, 0.5) is 8.78 Å². The summed E-state index contributed by atoms with van der Waals surface area (Å²) < 4.78 is 28.3. The van der Waals surface area contributed by atoms with Crippen molar-refractivity contribution in [2.45, 2.75) is 25.9 Å². The predicted octanol–water partition coefficient (Wildman–Crippen LogP) is 1.42. The van der Waals surface area contributed by atoms with Crippen LogP contribution >= 0.6 is 0 Å². The van der Waals surface area contributed by atoms with Gasteiger partial charge in [-0.05, 0) is 31.2 Å². The van der Waals surface area contributed by atoms with Crippen LogP contribution in [0.1, 0.15) is 28.2 Å². The maximum absolute atomic E-state index is 12.7. The number of aromatic nitrogens is 4. The van der Waals surface area contributed by atoms with Crippen LogP contribution in [-0.4, -0.2) is 55.2 Å². The lowest BCUT2D eigenvalue weighted by Gasteiger charge is -2.39. The molecule has 0 aliphatic carbocycles. The lowest BCUT2D eigenvalue weighted by Crippen LogP contribution is -2.61. The number of fused-ring (bicyclic) bond motifs is 1. The van der Waals surface area contributed by atoms with Crippen molar-refractivity contribution in [3.05, 3.63) is 53.6 Å². The Kier molecular flexibility index (Phi) is 4.54. The molecule has 10 heteroatoms. The summed E-state index contributed by atoms with van der Waals surface area (Å²) in [5.74, 6) is -0.455.